The van der Waals surface area contributed by atoms with Gasteiger partial charge in [0.05, 0.1) is 18.8 Å². The Morgan fingerprint density at radius 3 is 2.90 bits per heavy atom. The van der Waals surface area contributed by atoms with Gasteiger partial charge < -0.3 is 14.8 Å². The van der Waals surface area contributed by atoms with Crippen LogP contribution in [0.3, 0.4) is 0 Å². The molecular weight excluding hydrogens is 252 g/mol. The van der Waals surface area contributed by atoms with Crippen LogP contribution in [0.2, 0.25) is 0 Å². The summed E-state index contributed by atoms with van der Waals surface area (Å²) in [5.74, 6) is 0. The summed E-state index contributed by atoms with van der Waals surface area (Å²) in [7, 11) is 0. The van der Waals surface area contributed by atoms with Crippen molar-refractivity contribution in [3.05, 3.63) is 30.1 Å². The van der Waals surface area contributed by atoms with Gasteiger partial charge >= 0.3 is 0 Å². The minimum absolute atomic E-state index is 0.291. The summed E-state index contributed by atoms with van der Waals surface area (Å²) in [6.07, 6.45) is 8.73. The van der Waals surface area contributed by atoms with Crippen molar-refractivity contribution in [1.29, 1.82) is 0 Å². The first kappa shape index (κ1) is 15.4. The fraction of sp³-hybridized carbons (Fsp3) is 0.688. The molecule has 4 nitrogen and oxygen atoms in total. The Balaban J connectivity index is 1.49. The summed E-state index contributed by atoms with van der Waals surface area (Å²) in [6, 6.07) is 4.12. The van der Waals surface area contributed by atoms with E-state index in [4.69, 9.17) is 9.47 Å². The van der Waals surface area contributed by atoms with Crippen LogP contribution < -0.4 is 5.32 Å². The second kappa shape index (κ2) is 9.06. The highest BCUT2D eigenvalue weighted by Gasteiger charge is 2.24. The van der Waals surface area contributed by atoms with E-state index < -0.39 is 0 Å². The van der Waals surface area contributed by atoms with Crippen LogP contribution in [-0.2, 0) is 15.9 Å². The molecule has 1 saturated heterocycles. The molecule has 4 heteroatoms. The van der Waals surface area contributed by atoms with Gasteiger partial charge in [0.1, 0.15) is 0 Å². The maximum atomic E-state index is 5.93. The Labute approximate surface area is 121 Å². The number of hydrogen-bond acceptors (Lipinski definition) is 4. The highest BCUT2D eigenvalue weighted by molar-refractivity contribution is 5.09. The van der Waals surface area contributed by atoms with Crippen LogP contribution in [-0.4, -0.2) is 43.5 Å². The third-order valence-corrected chi connectivity index (χ3v) is 3.62. The summed E-state index contributed by atoms with van der Waals surface area (Å²) in [4.78, 5) is 4.02. The second-order valence-electron chi connectivity index (χ2n) is 5.30. The van der Waals surface area contributed by atoms with Crippen molar-refractivity contribution < 1.29 is 9.47 Å². The van der Waals surface area contributed by atoms with Gasteiger partial charge in [-0.1, -0.05) is 6.92 Å². The highest BCUT2D eigenvalue weighted by Crippen LogP contribution is 2.19. The maximum Gasteiger partial charge on any atom is 0.0813 e. The van der Waals surface area contributed by atoms with Gasteiger partial charge in [-0.15, -0.1) is 0 Å². The Morgan fingerprint density at radius 2 is 2.10 bits per heavy atom. The fourth-order valence-electron chi connectivity index (χ4n) is 2.50. The van der Waals surface area contributed by atoms with E-state index in [0.29, 0.717) is 12.2 Å². The molecule has 0 bridgehead atoms. The van der Waals surface area contributed by atoms with Crippen molar-refractivity contribution in [2.75, 3.05) is 26.3 Å². The van der Waals surface area contributed by atoms with Gasteiger partial charge in [0.2, 0.25) is 0 Å². The zero-order chi connectivity index (χ0) is 14.0. The summed E-state index contributed by atoms with van der Waals surface area (Å²) < 4.78 is 11.7. The quantitative estimate of drug-likeness (QED) is 0.703. The molecule has 112 valence electrons. The third-order valence-electron chi connectivity index (χ3n) is 3.62. The van der Waals surface area contributed by atoms with Crippen molar-refractivity contribution in [2.45, 2.75) is 44.8 Å². The van der Waals surface area contributed by atoms with Gasteiger partial charge in [-0.25, -0.2) is 0 Å². The third kappa shape index (κ3) is 5.57. The Kier molecular flexibility index (Phi) is 6.98. The maximum absolute atomic E-state index is 5.93. The molecule has 1 fully saturated rings. The molecular formula is C16H26N2O2. The van der Waals surface area contributed by atoms with Crippen LogP contribution in [0.25, 0.3) is 0 Å². The molecule has 2 heterocycles. The molecule has 0 spiro atoms. The predicted molar refractivity (Wildman–Crippen MR) is 79.8 cm³/mol. The average molecular weight is 278 g/mol. The lowest BCUT2D eigenvalue weighted by Crippen LogP contribution is -2.27. The molecule has 0 aliphatic carbocycles. The van der Waals surface area contributed by atoms with Crippen molar-refractivity contribution >= 4 is 0 Å². The largest absolute Gasteiger partial charge is 0.379 e. The van der Waals surface area contributed by atoms with Crippen molar-refractivity contribution in [2.24, 2.45) is 0 Å². The predicted octanol–water partition coefficient (Wildman–Crippen LogP) is 2.19. The molecule has 2 unspecified atom stereocenters. The molecule has 1 N–H and O–H groups in total. The fourth-order valence-corrected chi connectivity index (χ4v) is 2.50. The van der Waals surface area contributed by atoms with Crippen molar-refractivity contribution in [3.63, 3.8) is 0 Å². The van der Waals surface area contributed by atoms with E-state index in [0.717, 1.165) is 52.0 Å². The molecule has 1 aromatic heterocycles. The molecule has 0 saturated carbocycles. The van der Waals surface area contributed by atoms with Crippen molar-refractivity contribution in [1.82, 2.24) is 10.3 Å². The van der Waals surface area contributed by atoms with E-state index >= 15 is 0 Å². The van der Waals surface area contributed by atoms with Gasteiger partial charge in [-0.2, -0.15) is 0 Å². The van der Waals surface area contributed by atoms with Crippen LogP contribution in [0.15, 0.2) is 24.5 Å². The number of nitrogens with one attached hydrogen (secondary N) is 1. The van der Waals surface area contributed by atoms with Crippen LogP contribution >= 0.6 is 0 Å². The lowest BCUT2D eigenvalue weighted by atomic mass is 10.1. The molecule has 0 radical (unpaired) electrons. The minimum atomic E-state index is 0.291. The first-order valence-corrected chi connectivity index (χ1v) is 7.71. The zero-order valence-electron chi connectivity index (χ0n) is 12.4. The Bertz CT molecular complexity index is 359. The van der Waals surface area contributed by atoms with Gasteiger partial charge in [0.25, 0.3) is 0 Å². The molecule has 1 aliphatic heterocycles. The van der Waals surface area contributed by atoms with Crippen molar-refractivity contribution in [3.8, 4) is 0 Å². The molecule has 0 amide bonds. The summed E-state index contributed by atoms with van der Waals surface area (Å²) in [5.41, 5.74) is 1.33. The minimum Gasteiger partial charge on any atom is -0.379 e. The van der Waals surface area contributed by atoms with Crippen LogP contribution in [0.1, 0.15) is 31.7 Å². The van der Waals surface area contributed by atoms with Crippen LogP contribution in [0.4, 0.5) is 0 Å². The van der Waals surface area contributed by atoms with Gasteiger partial charge in [-0.3, -0.25) is 4.98 Å². The first-order valence-electron chi connectivity index (χ1n) is 7.71. The second-order valence-corrected chi connectivity index (χ2v) is 5.30. The molecule has 20 heavy (non-hydrogen) atoms. The first-order chi connectivity index (χ1) is 9.88. The zero-order valence-corrected chi connectivity index (χ0v) is 12.4. The number of hydrogen-bond donors (Lipinski definition) is 1. The van der Waals surface area contributed by atoms with E-state index in [-0.39, 0.29) is 0 Å². The summed E-state index contributed by atoms with van der Waals surface area (Å²) in [5, 5.41) is 3.33. The van der Waals surface area contributed by atoms with Gasteiger partial charge in [-0.05, 0) is 49.9 Å². The molecule has 2 atom stereocenters. The normalized spacial score (nSPS) is 22.2. The number of aromatic nitrogens is 1. The topological polar surface area (TPSA) is 43.4 Å². The number of rotatable bonds is 9. The molecule has 2 rings (SSSR count). The van der Waals surface area contributed by atoms with E-state index in [9.17, 15) is 0 Å². The number of ether oxygens (including phenoxy) is 2. The Hall–Kier alpha value is -0.970. The number of likely N-dealkylation sites (N-methyl/N-ethyl adjacent to an activating group) is 1. The van der Waals surface area contributed by atoms with E-state index in [1.54, 1.807) is 0 Å². The monoisotopic (exact) mass is 278 g/mol. The average Bonchev–Trinajstić information content (AvgIpc) is 2.94. The van der Waals surface area contributed by atoms with Gasteiger partial charge in [0.15, 0.2) is 0 Å². The van der Waals surface area contributed by atoms with Crippen LogP contribution in [0.5, 0.6) is 0 Å². The smallest absolute Gasteiger partial charge is 0.0813 e. The highest BCUT2D eigenvalue weighted by atomic mass is 16.5. The molecule has 0 aromatic carbocycles. The summed E-state index contributed by atoms with van der Waals surface area (Å²) in [6.45, 7) is 5.64. The SMILES string of the molecule is CCNCC1CCC(COCCCc2ccncc2)O1. The number of aryl methyl sites for hydroxylation is 1. The van der Waals surface area contributed by atoms with Crippen LogP contribution in [0, 0.1) is 0 Å². The molecule has 1 aliphatic rings. The lowest BCUT2D eigenvalue weighted by molar-refractivity contribution is -0.0144. The van der Waals surface area contributed by atoms with E-state index in [1.807, 2.05) is 12.4 Å². The lowest BCUT2D eigenvalue weighted by Gasteiger charge is -2.14. The number of nitrogens with zero attached hydrogens (tertiary/aromatic N) is 1. The van der Waals surface area contributed by atoms with Gasteiger partial charge in [0, 0.05) is 25.5 Å². The number of pyridine rings is 1. The summed E-state index contributed by atoms with van der Waals surface area (Å²) >= 11 is 0. The van der Waals surface area contributed by atoms with E-state index in [2.05, 4.69) is 29.4 Å². The Morgan fingerprint density at radius 1 is 1.30 bits per heavy atom. The standard InChI is InChI=1S/C16H26N2O2/c1-2-17-12-15-5-6-16(20-15)13-19-11-3-4-14-7-9-18-10-8-14/h7-10,15-17H,2-6,11-13H2,1H3. The van der Waals surface area contributed by atoms with E-state index in [1.165, 1.54) is 5.56 Å². The molecule has 1 aromatic rings.